The quantitative estimate of drug-likeness (QED) is 0.169. The maximum absolute atomic E-state index is 12.4. The molecular formula is C33H34O5. The van der Waals surface area contributed by atoms with Crippen molar-refractivity contribution in [2.24, 2.45) is 0 Å². The Labute approximate surface area is 225 Å². The van der Waals surface area contributed by atoms with Gasteiger partial charge in [-0.3, -0.25) is 0 Å². The standard InChI is InChI=1S/C33H34O5/c34-21-31(36-23-28-15-7-2-8-16-28)33(38-25-30-19-11-4-12-20-30)32(37-24-29-17-9-3-10-18-29)26-35-22-27-13-5-1-6-14-27/h1-21,31-33H,22-26H2/t31-,32+,33-/m0/s1. The van der Waals surface area contributed by atoms with E-state index in [4.69, 9.17) is 18.9 Å². The van der Waals surface area contributed by atoms with Gasteiger partial charge in [-0.25, -0.2) is 0 Å². The van der Waals surface area contributed by atoms with Crippen molar-refractivity contribution in [1.82, 2.24) is 0 Å². The van der Waals surface area contributed by atoms with Crippen LogP contribution >= 0.6 is 0 Å². The zero-order chi connectivity index (χ0) is 26.3. The largest absolute Gasteiger partial charge is 0.374 e. The first-order chi connectivity index (χ1) is 18.8. The molecule has 0 amide bonds. The number of hydrogen-bond donors (Lipinski definition) is 0. The molecule has 0 saturated heterocycles. The summed E-state index contributed by atoms with van der Waals surface area (Å²) in [6.07, 6.45) is -1.28. The fourth-order valence-corrected chi connectivity index (χ4v) is 4.04. The van der Waals surface area contributed by atoms with Crippen molar-refractivity contribution in [2.75, 3.05) is 6.61 Å². The molecule has 0 aliphatic heterocycles. The summed E-state index contributed by atoms with van der Waals surface area (Å²) in [4.78, 5) is 12.4. The number of benzene rings is 4. The summed E-state index contributed by atoms with van der Waals surface area (Å²) in [5.74, 6) is 0. The van der Waals surface area contributed by atoms with Gasteiger partial charge in [0, 0.05) is 0 Å². The van der Waals surface area contributed by atoms with Crippen LogP contribution in [0.15, 0.2) is 121 Å². The SMILES string of the molecule is O=C[C@H](OCc1ccccc1)[C@H](OCc1ccccc1)[C@@H](COCc1ccccc1)OCc1ccccc1. The molecule has 0 aromatic heterocycles. The maximum atomic E-state index is 12.4. The fourth-order valence-electron chi connectivity index (χ4n) is 4.04. The summed E-state index contributed by atoms with van der Waals surface area (Å²) < 4.78 is 24.9. The Balaban J connectivity index is 1.52. The highest BCUT2D eigenvalue weighted by molar-refractivity contribution is 5.57. The van der Waals surface area contributed by atoms with E-state index in [2.05, 4.69) is 0 Å². The van der Waals surface area contributed by atoms with Crippen molar-refractivity contribution in [3.8, 4) is 0 Å². The monoisotopic (exact) mass is 510 g/mol. The van der Waals surface area contributed by atoms with Gasteiger partial charge in [-0.15, -0.1) is 0 Å². The number of hydrogen-bond acceptors (Lipinski definition) is 5. The number of carbonyl (C=O) groups is 1. The zero-order valence-electron chi connectivity index (χ0n) is 21.4. The molecule has 0 aliphatic carbocycles. The molecule has 0 radical (unpaired) electrons. The van der Waals surface area contributed by atoms with Crippen LogP contribution in [-0.2, 0) is 50.2 Å². The predicted molar refractivity (Wildman–Crippen MR) is 147 cm³/mol. The molecule has 0 heterocycles. The van der Waals surface area contributed by atoms with Crippen LogP contribution in [0.3, 0.4) is 0 Å². The number of ether oxygens (including phenoxy) is 4. The summed E-state index contributed by atoms with van der Waals surface area (Å²) in [5, 5.41) is 0. The Morgan fingerprint density at radius 1 is 0.500 bits per heavy atom. The minimum Gasteiger partial charge on any atom is -0.374 e. The molecule has 0 spiro atoms. The number of carbonyl (C=O) groups excluding carboxylic acids is 1. The van der Waals surface area contributed by atoms with Gasteiger partial charge in [-0.1, -0.05) is 121 Å². The van der Waals surface area contributed by atoms with Crippen molar-refractivity contribution in [3.05, 3.63) is 144 Å². The Morgan fingerprint density at radius 2 is 0.895 bits per heavy atom. The van der Waals surface area contributed by atoms with Crippen molar-refractivity contribution in [2.45, 2.75) is 44.7 Å². The highest BCUT2D eigenvalue weighted by Crippen LogP contribution is 2.19. The first-order valence-electron chi connectivity index (χ1n) is 12.9. The molecule has 4 aromatic carbocycles. The van der Waals surface area contributed by atoms with Crippen LogP contribution in [0.25, 0.3) is 0 Å². The average Bonchev–Trinajstić information content (AvgIpc) is 2.99. The van der Waals surface area contributed by atoms with Gasteiger partial charge >= 0.3 is 0 Å². The minimum atomic E-state index is -0.847. The highest BCUT2D eigenvalue weighted by Gasteiger charge is 2.33. The molecule has 5 heteroatoms. The second-order valence-electron chi connectivity index (χ2n) is 8.99. The summed E-state index contributed by atoms with van der Waals surface area (Å²) >= 11 is 0. The molecule has 3 atom stereocenters. The van der Waals surface area contributed by atoms with Crippen LogP contribution in [0.2, 0.25) is 0 Å². The van der Waals surface area contributed by atoms with Crippen molar-refractivity contribution in [3.63, 3.8) is 0 Å². The van der Waals surface area contributed by atoms with Crippen LogP contribution in [0, 0.1) is 0 Å². The van der Waals surface area contributed by atoms with Crippen molar-refractivity contribution in [1.29, 1.82) is 0 Å². The van der Waals surface area contributed by atoms with Gasteiger partial charge in [-0.2, -0.15) is 0 Å². The van der Waals surface area contributed by atoms with E-state index in [0.717, 1.165) is 28.5 Å². The van der Waals surface area contributed by atoms with Gasteiger partial charge < -0.3 is 23.7 Å². The first kappa shape index (κ1) is 27.4. The Kier molecular flexibility index (Phi) is 11.3. The lowest BCUT2D eigenvalue weighted by Gasteiger charge is -2.31. The van der Waals surface area contributed by atoms with Crippen molar-refractivity contribution < 1.29 is 23.7 Å². The normalized spacial score (nSPS) is 13.5. The lowest BCUT2D eigenvalue weighted by atomic mass is 10.1. The topological polar surface area (TPSA) is 54.0 Å². The Morgan fingerprint density at radius 3 is 1.34 bits per heavy atom. The molecule has 0 N–H and O–H groups in total. The smallest absolute Gasteiger partial charge is 0.151 e. The molecule has 0 saturated carbocycles. The van der Waals surface area contributed by atoms with E-state index in [-0.39, 0.29) is 13.2 Å². The molecular weight excluding hydrogens is 476 g/mol. The Hall–Kier alpha value is -3.61. The molecule has 4 rings (SSSR count). The van der Waals surface area contributed by atoms with Gasteiger partial charge in [0.1, 0.15) is 18.3 Å². The van der Waals surface area contributed by atoms with Gasteiger partial charge in [-0.05, 0) is 22.3 Å². The van der Waals surface area contributed by atoms with Crippen molar-refractivity contribution >= 4 is 6.29 Å². The second-order valence-corrected chi connectivity index (χ2v) is 8.99. The summed E-state index contributed by atoms with van der Waals surface area (Å²) in [6.45, 7) is 1.62. The lowest BCUT2D eigenvalue weighted by Crippen LogP contribution is -2.45. The third kappa shape index (κ3) is 9.05. The highest BCUT2D eigenvalue weighted by atomic mass is 16.6. The van der Waals surface area contributed by atoms with Crippen LogP contribution in [0.4, 0.5) is 0 Å². The van der Waals surface area contributed by atoms with E-state index in [1.807, 2.05) is 121 Å². The molecule has 38 heavy (non-hydrogen) atoms. The zero-order valence-corrected chi connectivity index (χ0v) is 21.4. The van der Waals surface area contributed by atoms with Gasteiger partial charge in [0.25, 0.3) is 0 Å². The van der Waals surface area contributed by atoms with Gasteiger partial charge in [0.15, 0.2) is 6.29 Å². The average molecular weight is 511 g/mol. The van der Waals surface area contributed by atoms with E-state index in [1.54, 1.807) is 0 Å². The molecule has 196 valence electrons. The second kappa shape index (κ2) is 15.6. The van der Waals surface area contributed by atoms with Gasteiger partial charge in [0.05, 0.1) is 33.0 Å². The van der Waals surface area contributed by atoms with E-state index >= 15 is 0 Å². The van der Waals surface area contributed by atoms with Gasteiger partial charge in [0.2, 0.25) is 0 Å². The minimum absolute atomic E-state index is 0.236. The summed E-state index contributed by atoms with van der Waals surface area (Å²) in [7, 11) is 0. The summed E-state index contributed by atoms with van der Waals surface area (Å²) in [5.41, 5.74) is 4.05. The molecule has 0 bridgehead atoms. The molecule has 0 fully saturated rings. The van der Waals surface area contributed by atoms with Crippen LogP contribution in [0.1, 0.15) is 22.3 Å². The molecule has 0 aliphatic rings. The van der Waals surface area contributed by atoms with E-state index in [0.29, 0.717) is 19.8 Å². The molecule has 4 aromatic rings. The van der Waals surface area contributed by atoms with Crippen LogP contribution in [-0.4, -0.2) is 31.2 Å². The third-order valence-electron chi connectivity index (χ3n) is 6.10. The number of rotatable bonds is 16. The predicted octanol–water partition coefficient (Wildman–Crippen LogP) is 6.16. The van der Waals surface area contributed by atoms with E-state index in [1.165, 1.54) is 0 Å². The van der Waals surface area contributed by atoms with Crippen LogP contribution in [0.5, 0.6) is 0 Å². The third-order valence-corrected chi connectivity index (χ3v) is 6.10. The first-order valence-corrected chi connectivity index (χ1v) is 12.9. The molecule has 0 unspecified atom stereocenters. The van der Waals surface area contributed by atoms with Crippen LogP contribution < -0.4 is 0 Å². The fraction of sp³-hybridized carbons (Fsp3) is 0.242. The Bertz CT molecular complexity index is 1170. The van der Waals surface area contributed by atoms with E-state index in [9.17, 15) is 4.79 Å². The lowest BCUT2D eigenvalue weighted by molar-refractivity contribution is -0.169. The maximum Gasteiger partial charge on any atom is 0.151 e. The molecule has 5 nitrogen and oxygen atoms in total. The van der Waals surface area contributed by atoms with E-state index < -0.39 is 18.3 Å². The number of aldehydes is 1. The summed E-state index contributed by atoms with van der Waals surface area (Å²) in [6, 6.07) is 39.5.